The predicted octanol–water partition coefficient (Wildman–Crippen LogP) is 2.70. The molecule has 7 heteroatoms. The lowest BCUT2D eigenvalue weighted by Crippen LogP contribution is -2.22. The molecule has 0 spiro atoms. The van der Waals surface area contributed by atoms with Crippen molar-refractivity contribution in [1.82, 2.24) is 9.38 Å². The number of carboxylic acids is 1. The summed E-state index contributed by atoms with van der Waals surface area (Å²) in [5, 5.41) is 11.3. The van der Waals surface area contributed by atoms with Gasteiger partial charge in [-0.2, -0.15) is 0 Å². The van der Waals surface area contributed by atoms with Crippen molar-refractivity contribution in [2.75, 3.05) is 0 Å². The number of carbonyl (C=O) groups is 1. The zero-order valence-corrected chi connectivity index (χ0v) is 16.9. The van der Waals surface area contributed by atoms with Gasteiger partial charge in [-0.05, 0) is 49.2 Å². The van der Waals surface area contributed by atoms with Gasteiger partial charge in [0, 0.05) is 17.2 Å². The molecule has 3 heterocycles. The molecule has 0 aliphatic carbocycles. The Balaban J connectivity index is 1.63. The van der Waals surface area contributed by atoms with Gasteiger partial charge in [-0.3, -0.25) is 4.79 Å². The lowest BCUT2D eigenvalue weighted by molar-refractivity contribution is -0.254. The van der Waals surface area contributed by atoms with Crippen molar-refractivity contribution in [3.63, 3.8) is 0 Å². The zero-order valence-electron chi connectivity index (χ0n) is 16.1. The highest BCUT2D eigenvalue weighted by atomic mass is 32.1. The van der Waals surface area contributed by atoms with Crippen LogP contribution in [0.15, 0.2) is 57.7 Å². The average molecular weight is 415 g/mol. The SMILES string of the molecule is Cc1cc2nc3sc(=Cc4ccc(-c5ccccc5C(=O)[O-])o4)c(=O)n3c2cc1C. The molecule has 0 unspecified atom stereocenters. The van der Waals surface area contributed by atoms with Crippen molar-refractivity contribution >= 4 is 39.4 Å². The van der Waals surface area contributed by atoms with Crippen molar-refractivity contribution in [2.45, 2.75) is 13.8 Å². The molecule has 0 aliphatic heterocycles. The van der Waals surface area contributed by atoms with E-state index in [-0.39, 0.29) is 11.1 Å². The normalized spacial score (nSPS) is 12.3. The number of fused-ring (bicyclic) bond motifs is 3. The van der Waals surface area contributed by atoms with E-state index in [4.69, 9.17) is 4.42 Å². The maximum Gasteiger partial charge on any atom is 0.275 e. The minimum absolute atomic E-state index is 0.0506. The van der Waals surface area contributed by atoms with Gasteiger partial charge in [0.05, 0.1) is 17.0 Å². The first kappa shape index (κ1) is 18.3. The van der Waals surface area contributed by atoms with Crippen LogP contribution in [0.25, 0.3) is 33.4 Å². The Morgan fingerprint density at radius 2 is 1.90 bits per heavy atom. The third-order valence-corrected chi connectivity index (χ3v) is 6.14. The number of carbonyl (C=O) groups excluding carboxylic acids is 1. The van der Waals surface area contributed by atoms with Crippen molar-refractivity contribution in [3.05, 3.63) is 85.9 Å². The third-order valence-electron chi connectivity index (χ3n) is 5.17. The van der Waals surface area contributed by atoms with Crippen LogP contribution < -0.4 is 15.2 Å². The number of benzene rings is 2. The van der Waals surface area contributed by atoms with Gasteiger partial charge in [0.2, 0.25) is 0 Å². The number of hydrogen-bond acceptors (Lipinski definition) is 6. The van der Waals surface area contributed by atoms with E-state index in [1.807, 2.05) is 26.0 Å². The second kappa shape index (κ2) is 6.67. The van der Waals surface area contributed by atoms with Crippen LogP contribution in [-0.4, -0.2) is 15.4 Å². The Morgan fingerprint density at radius 1 is 1.13 bits per heavy atom. The summed E-state index contributed by atoms with van der Waals surface area (Å²) < 4.78 is 7.92. The number of aromatic carboxylic acids is 1. The van der Waals surface area contributed by atoms with Crippen molar-refractivity contribution < 1.29 is 14.3 Å². The van der Waals surface area contributed by atoms with Gasteiger partial charge in [0.25, 0.3) is 5.56 Å². The third kappa shape index (κ3) is 2.83. The fourth-order valence-electron chi connectivity index (χ4n) is 3.50. The highest BCUT2D eigenvalue weighted by Gasteiger charge is 2.13. The Morgan fingerprint density at radius 3 is 2.70 bits per heavy atom. The molecule has 0 fully saturated rings. The average Bonchev–Trinajstić information content (AvgIpc) is 3.39. The van der Waals surface area contributed by atoms with Crippen LogP contribution in [0.2, 0.25) is 0 Å². The van der Waals surface area contributed by atoms with E-state index >= 15 is 0 Å². The van der Waals surface area contributed by atoms with Crippen LogP contribution in [-0.2, 0) is 0 Å². The fourth-order valence-corrected chi connectivity index (χ4v) is 4.47. The van der Waals surface area contributed by atoms with Gasteiger partial charge < -0.3 is 14.3 Å². The molecule has 5 aromatic rings. The fraction of sp³-hybridized carbons (Fsp3) is 0.0870. The molecule has 0 N–H and O–H groups in total. The van der Waals surface area contributed by atoms with E-state index in [1.54, 1.807) is 40.8 Å². The number of hydrogen-bond donors (Lipinski definition) is 0. The van der Waals surface area contributed by atoms with Crippen LogP contribution in [0.3, 0.4) is 0 Å². The second-order valence-electron chi connectivity index (χ2n) is 7.11. The summed E-state index contributed by atoms with van der Waals surface area (Å²) in [5.41, 5.74) is 4.14. The summed E-state index contributed by atoms with van der Waals surface area (Å²) in [6.45, 7) is 4.03. The topological polar surface area (TPSA) is 87.6 Å². The number of aromatic nitrogens is 2. The van der Waals surface area contributed by atoms with Crippen LogP contribution in [0.5, 0.6) is 0 Å². The predicted molar refractivity (Wildman–Crippen MR) is 114 cm³/mol. The Kier molecular flexibility index (Phi) is 4.08. The van der Waals surface area contributed by atoms with E-state index < -0.39 is 5.97 Å². The van der Waals surface area contributed by atoms with E-state index in [0.29, 0.717) is 26.6 Å². The molecule has 148 valence electrons. The summed E-state index contributed by atoms with van der Waals surface area (Å²) in [7, 11) is 0. The summed E-state index contributed by atoms with van der Waals surface area (Å²) in [5.74, 6) is -0.422. The largest absolute Gasteiger partial charge is 0.545 e. The number of imidazole rings is 1. The molecular formula is C23H15N2O4S-. The van der Waals surface area contributed by atoms with Gasteiger partial charge in [-0.15, -0.1) is 0 Å². The van der Waals surface area contributed by atoms with Gasteiger partial charge in [0.1, 0.15) is 16.1 Å². The standard InChI is InChI=1S/C23H16N2O4S/c1-12-9-17-18(10-13(12)2)25-21(26)20(30-23(25)24-17)11-14-7-8-19(29-14)15-5-3-4-6-16(15)22(27)28/h3-11H,1-2H3,(H,27,28)/p-1. The lowest BCUT2D eigenvalue weighted by atomic mass is 10.1. The number of rotatable bonds is 3. The molecule has 2 aromatic carbocycles. The van der Waals surface area contributed by atoms with E-state index in [9.17, 15) is 14.7 Å². The molecule has 0 saturated heterocycles. The van der Waals surface area contributed by atoms with Crippen LogP contribution in [0.4, 0.5) is 0 Å². The van der Waals surface area contributed by atoms with Crippen molar-refractivity contribution in [2.24, 2.45) is 0 Å². The number of carboxylic acid groups (broad SMARTS) is 1. The van der Waals surface area contributed by atoms with E-state index in [0.717, 1.165) is 22.2 Å². The maximum absolute atomic E-state index is 13.0. The van der Waals surface area contributed by atoms with E-state index in [2.05, 4.69) is 4.98 Å². The second-order valence-corrected chi connectivity index (χ2v) is 8.11. The van der Waals surface area contributed by atoms with Crippen LogP contribution >= 0.6 is 11.3 Å². The summed E-state index contributed by atoms with van der Waals surface area (Å²) >= 11 is 1.29. The number of nitrogens with zero attached hydrogens (tertiary/aromatic N) is 2. The van der Waals surface area contributed by atoms with Crippen molar-refractivity contribution in [3.8, 4) is 11.3 Å². The number of aryl methyl sites for hydroxylation is 2. The molecule has 6 nitrogen and oxygen atoms in total. The minimum Gasteiger partial charge on any atom is -0.545 e. The summed E-state index contributed by atoms with van der Waals surface area (Å²) in [6.07, 6.45) is 1.65. The summed E-state index contributed by atoms with van der Waals surface area (Å²) in [4.78, 5) is 29.6. The van der Waals surface area contributed by atoms with Gasteiger partial charge in [0.15, 0.2) is 4.96 Å². The maximum atomic E-state index is 13.0. The zero-order chi connectivity index (χ0) is 21.0. The quantitative estimate of drug-likeness (QED) is 0.452. The highest BCUT2D eigenvalue weighted by Crippen LogP contribution is 2.26. The molecule has 30 heavy (non-hydrogen) atoms. The van der Waals surface area contributed by atoms with E-state index in [1.165, 1.54) is 17.4 Å². The van der Waals surface area contributed by atoms with Crippen LogP contribution in [0, 0.1) is 13.8 Å². The Labute approximate surface area is 174 Å². The molecule has 0 amide bonds. The highest BCUT2D eigenvalue weighted by molar-refractivity contribution is 7.15. The first-order chi connectivity index (χ1) is 14.4. The lowest BCUT2D eigenvalue weighted by Gasteiger charge is -2.07. The Hall–Kier alpha value is -3.71. The molecule has 3 aromatic heterocycles. The molecule has 0 aliphatic rings. The summed E-state index contributed by atoms with van der Waals surface area (Å²) in [6, 6.07) is 13.8. The Bertz CT molecular complexity index is 1570. The molecular weight excluding hydrogens is 400 g/mol. The molecule has 0 radical (unpaired) electrons. The molecule has 5 rings (SSSR count). The molecule has 0 bridgehead atoms. The van der Waals surface area contributed by atoms with Gasteiger partial charge in [-0.1, -0.05) is 35.6 Å². The first-order valence-electron chi connectivity index (χ1n) is 9.27. The smallest absolute Gasteiger partial charge is 0.275 e. The monoisotopic (exact) mass is 415 g/mol. The molecule has 0 atom stereocenters. The van der Waals surface area contributed by atoms with Gasteiger partial charge in [-0.25, -0.2) is 9.38 Å². The van der Waals surface area contributed by atoms with Crippen molar-refractivity contribution in [1.29, 1.82) is 0 Å². The number of thiazole rings is 1. The number of furan rings is 1. The van der Waals surface area contributed by atoms with Crippen LogP contribution in [0.1, 0.15) is 27.2 Å². The molecule has 0 saturated carbocycles. The van der Waals surface area contributed by atoms with Gasteiger partial charge >= 0.3 is 0 Å². The minimum atomic E-state index is -1.27. The first-order valence-corrected chi connectivity index (χ1v) is 10.1.